The van der Waals surface area contributed by atoms with Crippen LogP contribution in [0.15, 0.2) is 108 Å². The minimum Gasteiger partial charge on any atom is -0.478 e. The average Bonchev–Trinajstić information content (AvgIpc) is 3.07. The minimum atomic E-state index is -0.981. The standard InChI is InChI=1S/C36H35NO8S/c1-22(43-23(2)39)34(40)37-29-10-6-9-28(19-29)36-44-31(21-46-30-17-15-27(16-18-30)35(41)42)32(25-7-4-3-5-8-25)33(45-36)26-13-11-24(20-38)12-14-26/h3-19,22,31-33,36,38H,20-21H2,1-2H3,(H,37,40)(H,41,42)/t22-,31+,32+,33-,36?/m0/s1. The number of hydrogen-bond acceptors (Lipinski definition) is 8. The van der Waals surface area contributed by atoms with Crippen LogP contribution in [0.1, 0.15) is 64.8 Å². The number of rotatable bonds is 11. The van der Waals surface area contributed by atoms with E-state index >= 15 is 0 Å². The van der Waals surface area contributed by atoms with E-state index in [0.717, 1.165) is 21.6 Å². The van der Waals surface area contributed by atoms with E-state index in [9.17, 15) is 24.6 Å². The number of carboxylic acid groups (broad SMARTS) is 1. The molecule has 0 radical (unpaired) electrons. The van der Waals surface area contributed by atoms with Gasteiger partial charge in [0.1, 0.15) is 0 Å². The summed E-state index contributed by atoms with van der Waals surface area (Å²) in [5.41, 5.74) is 4.13. The number of carbonyl (C=O) groups excluding carboxylic acids is 2. The molecule has 5 atom stereocenters. The summed E-state index contributed by atoms with van der Waals surface area (Å²) in [6.45, 7) is 2.67. The lowest BCUT2D eigenvalue weighted by Crippen LogP contribution is -2.38. The molecule has 0 saturated carbocycles. The minimum absolute atomic E-state index is 0.0752. The van der Waals surface area contributed by atoms with Gasteiger partial charge in [-0.1, -0.05) is 66.7 Å². The second-order valence-electron chi connectivity index (χ2n) is 10.9. The van der Waals surface area contributed by atoms with E-state index < -0.39 is 36.3 Å². The third-order valence-corrected chi connectivity index (χ3v) is 8.73. The average molecular weight is 642 g/mol. The molecule has 4 aromatic carbocycles. The molecule has 0 aromatic heterocycles. The summed E-state index contributed by atoms with van der Waals surface area (Å²) in [7, 11) is 0. The number of benzene rings is 4. The number of amides is 1. The van der Waals surface area contributed by atoms with Crippen LogP contribution in [0.5, 0.6) is 0 Å². The maximum atomic E-state index is 12.7. The van der Waals surface area contributed by atoms with Gasteiger partial charge in [0.05, 0.1) is 24.4 Å². The number of anilines is 1. The van der Waals surface area contributed by atoms with Gasteiger partial charge in [0.25, 0.3) is 5.91 Å². The highest BCUT2D eigenvalue weighted by Crippen LogP contribution is 2.48. The van der Waals surface area contributed by atoms with Crippen molar-refractivity contribution in [1.82, 2.24) is 0 Å². The number of carboxylic acids is 1. The molecule has 10 heteroatoms. The summed E-state index contributed by atoms with van der Waals surface area (Å²) in [5, 5.41) is 21.8. The fourth-order valence-corrected chi connectivity index (χ4v) is 6.30. The third-order valence-electron chi connectivity index (χ3n) is 7.62. The Kier molecular flexibility index (Phi) is 10.9. The number of hydrogen-bond donors (Lipinski definition) is 3. The van der Waals surface area contributed by atoms with Gasteiger partial charge in [-0.2, -0.15) is 0 Å². The smallest absolute Gasteiger partial charge is 0.335 e. The van der Waals surface area contributed by atoms with Crippen LogP contribution in [0.25, 0.3) is 0 Å². The first-order valence-electron chi connectivity index (χ1n) is 14.8. The molecule has 0 aliphatic carbocycles. The van der Waals surface area contributed by atoms with Gasteiger partial charge >= 0.3 is 11.9 Å². The molecule has 3 N–H and O–H groups in total. The molecule has 1 amide bonds. The van der Waals surface area contributed by atoms with Crippen LogP contribution >= 0.6 is 11.8 Å². The number of carbonyl (C=O) groups is 3. The van der Waals surface area contributed by atoms with E-state index in [-0.39, 0.29) is 24.2 Å². The Morgan fingerprint density at radius 1 is 0.870 bits per heavy atom. The van der Waals surface area contributed by atoms with Gasteiger partial charge in [0.15, 0.2) is 12.4 Å². The van der Waals surface area contributed by atoms with E-state index in [1.54, 1.807) is 54.2 Å². The molecule has 0 bridgehead atoms. The maximum Gasteiger partial charge on any atom is 0.335 e. The fraction of sp³-hybridized carbons (Fsp3) is 0.250. The van der Waals surface area contributed by atoms with Crippen LogP contribution < -0.4 is 5.32 Å². The van der Waals surface area contributed by atoms with E-state index in [0.29, 0.717) is 17.0 Å². The van der Waals surface area contributed by atoms with Crippen LogP contribution in [0.2, 0.25) is 0 Å². The van der Waals surface area contributed by atoms with Crippen molar-refractivity contribution in [2.45, 2.75) is 55.9 Å². The summed E-state index contributed by atoms with van der Waals surface area (Å²) in [5.74, 6) is -1.67. The molecule has 1 aliphatic heterocycles. The van der Waals surface area contributed by atoms with Crippen LogP contribution in [0.3, 0.4) is 0 Å². The molecule has 1 unspecified atom stereocenters. The highest BCUT2D eigenvalue weighted by molar-refractivity contribution is 7.99. The zero-order valence-electron chi connectivity index (χ0n) is 25.4. The van der Waals surface area contributed by atoms with Gasteiger partial charge in [-0.05, 0) is 60.0 Å². The molecular weight excluding hydrogens is 606 g/mol. The van der Waals surface area contributed by atoms with Gasteiger partial charge in [-0.25, -0.2) is 4.79 Å². The molecular formula is C36H35NO8S. The van der Waals surface area contributed by atoms with Crippen LogP contribution in [0.4, 0.5) is 5.69 Å². The van der Waals surface area contributed by atoms with Crippen molar-refractivity contribution in [3.8, 4) is 0 Å². The second kappa shape index (κ2) is 15.2. The lowest BCUT2D eigenvalue weighted by molar-refractivity contribution is -0.255. The molecule has 9 nitrogen and oxygen atoms in total. The molecule has 46 heavy (non-hydrogen) atoms. The molecule has 1 saturated heterocycles. The predicted molar refractivity (Wildman–Crippen MR) is 173 cm³/mol. The van der Waals surface area contributed by atoms with Crippen molar-refractivity contribution in [2.75, 3.05) is 11.1 Å². The summed E-state index contributed by atoms with van der Waals surface area (Å²) in [4.78, 5) is 36.2. The van der Waals surface area contributed by atoms with Crippen molar-refractivity contribution < 1.29 is 38.8 Å². The first kappa shape index (κ1) is 32.9. The molecule has 1 fully saturated rings. The molecule has 1 aliphatic rings. The zero-order valence-corrected chi connectivity index (χ0v) is 26.2. The SMILES string of the molecule is CC(=O)O[C@@H](C)C(=O)Nc1cccc(C2O[C@H](CSc3ccc(C(=O)O)cc3)[C@@H](c3ccccc3)[C@H](c3ccc(CO)cc3)O2)c1. The summed E-state index contributed by atoms with van der Waals surface area (Å²) in [6.07, 6.45) is -2.55. The lowest BCUT2D eigenvalue weighted by Gasteiger charge is -2.43. The maximum absolute atomic E-state index is 12.7. The molecule has 4 aromatic rings. The third kappa shape index (κ3) is 8.21. The van der Waals surface area contributed by atoms with Gasteiger partial charge in [-0.3, -0.25) is 9.59 Å². The van der Waals surface area contributed by atoms with Gasteiger partial charge in [0.2, 0.25) is 0 Å². The number of aromatic carboxylic acids is 1. The first-order valence-corrected chi connectivity index (χ1v) is 15.8. The number of ether oxygens (including phenoxy) is 3. The highest BCUT2D eigenvalue weighted by Gasteiger charge is 2.42. The Bertz CT molecular complexity index is 1650. The Morgan fingerprint density at radius 3 is 2.22 bits per heavy atom. The van der Waals surface area contributed by atoms with Crippen molar-refractivity contribution in [1.29, 1.82) is 0 Å². The van der Waals surface area contributed by atoms with Crippen molar-refractivity contribution in [3.63, 3.8) is 0 Å². The van der Waals surface area contributed by atoms with E-state index in [1.807, 2.05) is 60.7 Å². The van der Waals surface area contributed by atoms with Crippen LogP contribution in [-0.2, 0) is 30.4 Å². The summed E-state index contributed by atoms with van der Waals surface area (Å²) < 4.78 is 18.5. The van der Waals surface area contributed by atoms with Crippen LogP contribution in [0, 0.1) is 0 Å². The predicted octanol–water partition coefficient (Wildman–Crippen LogP) is 6.50. The highest BCUT2D eigenvalue weighted by atomic mass is 32.2. The summed E-state index contributed by atoms with van der Waals surface area (Å²) in [6, 6.07) is 31.6. The first-order chi connectivity index (χ1) is 22.2. The Balaban J connectivity index is 1.48. The van der Waals surface area contributed by atoms with Gasteiger partial charge < -0.3 is 29.7 Å². The number of nitrogens with one attached hydrogen (secondary N) is 1. The van der Waals surface area contributed by atoms with Crippen molar-refractivity contribution in [2.24, 2.45) is 0 Å². The normalized spacial score (nSPS) is 20.0. The Hall–Kier alpha value is -4.48. The molecule has 5 rings (SSSR count). The lowest BCUT2D eigenvalue weighted by atomic mass is 9.84. The number of esters is 1. The second-order valence-corrected chi connectivity index (χ2v) is 12.0. The fourth-order valence-electron chi connectivity index (χ4n) is 5.33. The van der Waals surface area contributed by atoms with Crippen molar-refractivity contribution >= 4 is 35.3 Å². The van der Waals surface area contributed by atoms with Crippen molar-refractivity contribution in [3.05, 3.63) is 131 Å². The monoisotopic (exact) mass is 641 g/mol. The zero-order chi connectivity index (χ0) is 32.6. The summed E-state index contributed by atoms with van der Waals surface area (Å²) >= 11 is 1.56. The number of aliphatic hydroxyl groups is 1. The molecule has 0 spiro atoms. The molecule has 238 valence electrons. The van der Waals surface area contributed by atoms with Crippen LogP contribution in [-0.4, -0.2) is 46.0 Å². The number of thioether (sulfide) groups is 1. The Morgan fingerprint density at radius 2 is 1.57 bits per heavy atom. The topological polar surface area (TPSA) is 131 Å². The van der Waals surface area contributed by atoms with Gasteiger partial charge in [-0.15, -0.1) is 11.8 Å². The van der Waals surface area contributed by atoms with E-state index in [1.165, 1.54) is 13.8 Å². The van der Waals surface area contributed by atoms with E-state index in [2.05, 4.69) is 5.32 Å². The quantitative estimate of drug-likeness (QED) is 0.124. The number of aliphatic hydroxyl groups excluding tert-OH is 1. The van der Waals surface area contributed by atoms with Gasteiger partial charge in [0, 0.05) is 34.7 Å². The molecule has 1 heterocycles. The Labute approximate surface area is 271 Å². The largest absolute Gasteiger partial charge is 0.478 e. The van der Waals surface area contributed by atoms with E-state index in [4.69, 9.17) is 14.2 Å².